The molecule has 1 aliphatic rings. The summed E-state index contributed by atoms with van der Waals surface area (Å²) in [6.07, 6.45) is 2.24. The molecule has 0 unspecified atom stereocenters. The van der Waals surface area contributed by atoms with Gasteiger partial charge in [0, 0.05) is 6.04 Å². The smallest absolute Gasteiger partial charge is 0.411 e. The topological polar surface area (TPSA) is 53.3 Å². The summed E-state index contributed by atoms with van der Waals surface area (Å²) in [6, 6.07) is 2.31. The Bertz CT molecular complexity index is 340. The lowest BCUT2D eigenvalue weighted by molar-refractivity contribution is -0.0136. The molecule has 4 heteroatoms. The van der Waals surface area contributed by atoms with Crippen LogP contribution in [-0.4, -0.2) is 28.2 Å². The van der Waals surface area contributed by atoms with Crippen LogP contribution in [0.25, 0.3) is 0 Å². The van der Waals surface area contributed by atoms with Crippen LogP contribution in [0.2, 0.25) is 0 Å². The second-order valence-corrected chi connectivity index (χ2v) is 5.98. The van der Waals surface area contributed by atoms with Crippen LogP contribution < -0.4 is 0 Å². The predicted octanol–water partition coefficient (Wildman–Crippen LogP) is 3.08. The highest BCUT2D eigenvalue weighted by molar-refractivity contribution is 5.70. The molecule has 2 atom stereocenters. The highest BCUT2D eigenvalue weighted by Crippen LogP contribution is 2.32. The van der Waals surface area contributed by atoms with Gasteiger partial charge in [-0.25, -0.2) is 4.79 Å². The molecule has 1 fully saturated rings. The standard InChI is InChI=1S/C13H22N2O2/c1-10-7-6-8-13(5,9-14)15(10)11(16)17-12(2,3)4/h10H,6-8H2,1-5H3/t10-,13+/m0/s1. The van der Waals surface area contributed by atoms with Crippen LogP contribution in [0, 0.1) is 11.3 Å². The van der Waals surface area contributed by atoms with Crippen LogP contribution in [0.1, 0.15) is 53.9 Å². The van der Waals surface area contributed by atoms with Crippen LogP contribution in [0.4, 0.5) is 4.79 Å². The van der Waals surface area contributed by atoms with Crippen molar-refractivity contribution in [2.45, 2.75) is 71.1 Å². The van der Waals surface area contributed by atoms with Crippen LogP contribution in [0.15, 0.2) is 0 Å². The quantitative estimate of drug-likeness (QED) is 0.651. The number of hydrogen-bond acceptors (Lipinski definition) is 3. The van der Waals surface area contributed by atoms with E-state index in [0.29, 0.717) is 6.42 Å². The molecule has 0 radical (unpaired) electrons. The Hall–Kier alpha value is -1.24. The number of carbonyl (C=O) groups excluding carboxylic acids is 1. The zero-order chi connectivity index (χ0) is 13.3. The molecule has 0 spiro atoms. The Labute approximate surface area is 104 Å². The van der Waals surface area contributed by atoms with Gasteiger partial charge in [0.1, 0.15) is 11.1 Å². The summed E-state index contributed by atoms with van der Waals surface area (Å²) >= 11 is 0. The normalized spacial score (nSPS) is 29.6. The van der Waals surface area contributed by atoms with E-state index in [4.69, 9.17) is 4.74 Å². The van der Waals surface area contributed by atoms with Crippen molar-refractivity contribution in [1.82, 2.24) is 4.90 Å². The summed E-state index contributed by atoms with van der Waals surface area (Å²) in [6.45, 7) is 9.29. The van der Waals surface area contributed by atoms with E-state index in [0.717, 1.165) is 12.8 Å². The third-order valence-corrected chi connectivity index (χ3v) is 3.09. The van der Waals surface area contributed by atoms with Gasteiger partial charge in [-0.15, -0.1) is 0 Å². The zero-order valence-corrected chi connectivity index (χ0v) is 11.4. The Kier molecular flexibility index (Phi) is 3.71. The van der Waals surface area contributed by atoms with Gasteiger partial charge in [-0.3, -0.25) is 4.90 Å². The average Bonchev–Trinajstić information content (AvgIpc) is 2.14. The van der Waals surface area contributed by atoms with Crippen molar-refractivity contribution in [3.63, 3.8) is 0 Å². The van der Waals surface area contributed by atoms with Crippen molar-refractivity contribution in [3.8, 4) is 6.07 Å². The molecule has 0 aliphatic carbocycles. The molecule has 1 amide bonds. The van der Waals surface area contributed by atoms with Gasteiger partial charge >= 0.3 is 6.09 Å². The van der Waals surface area contributed by atoms with Crippen LogP contribution in [-0.2, 0) is 4.74 Å². The van der Waals surface area contributed by atoms with E-state index >= 15 is 0 Å². The fourth-order valence-electron chi connectivity index (χ4n) is 2.28. The van der Waals surface area contributed by atoms with Crippen molar-refractivity contribution in [2.75, 3.05) is 0 Å². The highest BCUT2D eigenvalue weighted by atomic mass is 16.6. The molecule has 0 aromatic carbocycles. The average molecular weight is 238 g/mol. The maximum absolute atomic E-state index is 12.2. The van der Waals surface area contributed by atoms with Gasteiger partial charge in [-0.05, 0) is 53.9 Å². The first-order chi connectivity index (χ1) is 7.69. The molecular weight excluding hydrogens is 216 g/mol. The van der Waals surface area contributed by atoms with Gasteiger partial charge in [0.05, 0.1) is 6.07 Å². The SMILES string of the molecule is C[C@H]1CCC[C@](C)(C#N)N1C(=O)OC(C)(C)C. The fraction of sp³-hybridized carbons (Fsp3) is 0.846. The molecule has 0 saturated carbocycles. The largest absolute Gasteiger partial charge is 0.444 e. The van der Waals surface area contributed by atoms with Gasteiger partial charge in [-0.2, -0.15) is 5.26 Å². The van der Waals surface area contributed by atoms with E-state index in [9.17, 15) is 10.1 Å². The second-order valence-electron chi connectivity index (χ2n) is 5.98. The highest BCUT2D eigenvalue weighted by Gasteiger charge is 2.43. The van der Waals surface area contributed by atoms with Crippen LogP contribution in [0.3, 0.4) is 0 Å². The molecule has 0 aromatic heterocycles. The monoisotopic (exact) mass is 238 g/mol. The maximum atomic E-state index is 12.2. The minimum atomic E-state index is -0.736. The third-order valence-electron chi connectivity index (χ3n) is 3.09. The fourth-order valence-corrected chi connectivity index (χ4v) is 2.28. The number of piperidine rings is 1. The number of amides is 1. The lowest BCUT2D eigenvalue weighted by atomic mass is 9.87. The second kappa shape index (κ2) is 4.56. The molecule has 1 saturated heterocycles. The van der Waals surface area contributed by atoms with E-state index in [-0.39, 0.29) is 12.1 Å². The van der Waals surface area contributed by atoms with Crippen molar-refractivity contribution in [3.05, 3.63) is 0 Å². The summed E-state index contributed by atoms with van der Waals surface area (Å²) in [5.74, 6) is 0. The van der Waals surface area contributed by atoms with E-state index in [1.807, 2.05) is 34.6 Å². The minimum Gasteiger partial charge on any atom is -0.444 e. The molecule has 1 heterocycles. The molecule has 1 aliphatic heterocycles. The van der Waals surface area contributed by atoms with Gasteiger partial charge in [0.2, 0.25) is 0 Å². The van der Waals surface area contributed by atoms with Crippen molar-refractivity contribution in [2.24, 2.45) is 0 Å². The first-order valence-corrected chi connectivity index (χ1v) is 6.13. The summed E-state index contributed by atoms with van der Waals surface area (Å²) in [5.41, 5.74) is -1.26. The van der Waals surface area contributed by atoms with Crippen molar-refractivity contribution >= 4 is 6.09 Å². The number of nitriles is 1. The molecule has 96 valence electrons. The van der Waals surface area contributed by atoms with Gasteiger partial charge < -0.3 is 4.74 Å². The number of nitrogens with zero attached hydrogens (tertiary/aromatic N) is 2. The number of carbonyl (C=O) groups is 1. The Morgan fingerprint density at radius 1 is 1.53 bits per heavy atom. The number of hydrogen-bond donors (Lipinski definition) is 0. The number of likely N-dealkylation sites (tertiary alicyclic amines) is 1. The lowest BCUT2D eigenvalue weighted by Gasteiger charge is -2.44. The van der Waals surface area contributed by atoms with Crippen molar-refractivity contribution in [1.29, 1.82) is 5.26 Å². The van der Waals surface area contributed by atoms with E-state index in [1.54, 1.807) is 4.90 Å². The molecular formula is C13H22N2O2. The molecule has 0 bridgehead atoms. The number of ether oxygens (including phenoxy) is 1. The van der Waals surface area contributed by atoms with Gasteiger partial charge in [0.15, 0.2) is 0 Å². The molecule has 0 aromatic rings. The first-order valence-electron chi connectivity index (χ1n) is 6.13. The molecule has 0 N–H and O–H groups in total. The van der Waals surface area contributed by atoms with Crippen LogP contribution in [0.5, 0.6) is 0 Å². The van der Waals surface area contributed by atoms with E-state index < -0.39 is 11.1 Å². The minimum absolute atomic E-state index is 0.0586. The maximum Gasteiger partial charge on any atom is 0.411 e. The summed E-state index contributed by atoms with van der Waals surface area (Å²) in [7, 11) is 0. The Morgan fingerprint density at radius 3 is 2.59 bits per heavy atom. The molecule has 1 rings (SSSR count). The first kappa shape index (κ1) is 13.8. The Morgan fingerprint density at radius 2 is 2.12 bits per heavy atom. The summed E-state index contributed by atoms with van der Waals surface area (Å²) < 4.78 is 5.38. The third kappa shape index (κ3) is 3.12. The zero-order valence-electron chi connectivity index (χ0n) is 11.4. The van der Waals surface area contributed by atoms with Crippen molar-refractivity contribution < 1.29 is 9.53 Å². The predicted molar refractivity (Wildman–Crippen MR) is 65.4 cm³/mol. The van der Waals surface area contributed by atoms with Gasteiger partial charge in [0.25, 0.3) is 0 Å². The molecule has 4 nitrogen and oxygen atoms in total. The van der Waals surface area contributed by atoms with Crippen LogP contribution >= 0.6 is 0 Å². The van der Waals surface area contributed by atoms with E-state index in [2.05, 4.69) is 6.07 Å². The number of rotatable bonds is 0. The van der Waals surface area contributed by atoms with Gasteiger partial charge in [-0.1, -0.05) is 0 Å². The summed E-state index contributed by atoms with van der Waals surface area (Å²) in [5, 5.41) is 9.29. The van der Waals surface area contributed by atoms with E-state index in [1.165, 1.54) is 0 Å². The lowest BCUT2D eigenvalue weighted by Crippen LogP contribution is -2.57. The Balaban J connectivity index is 2.91. The summed E-state index contributed by atoms with van der Waals surface area (Å²) in [4.78, 5) is 13.8. The molecule has 17 heavy (non-hydrogen) atoms.